The molecule has 0 spiro atoms. The molecule has 29 heavy (non-hydrogen) atoms. The maximum atomic E-state index is 13.0. The zero-order chi connectivity index (χ0) is 20.2. The van der Waals surface area contributed by atoms with E-state index < -0.39 is 0 Å². The van der Waals surface area contributed by atoms with Crippen molar-refractivity contribution in [3.63, 3.8) is 0 Å². The van der Waals surface area contributed by atoms with Crippen LogP contribution in [0.4, 0.5) is 0 Å². The largest absolute Gasteiger partial charge is 0.348 e. The summed E-state index contributed by atoms with van der Waals surface area (Å²) in [5.74, 6) is 0.356. The molecule has 2 heterocycles. The molecule has 4 rings (SSSR count). The highest BCUT2D eigenvalue weighted by Gasteiger charge is 2.14. The molecule has 144 valence electrons. The quantitative estimate of drug-likeness (QED) is 0.507. The molecule has 0 saturated carbocycles. The fourth-order valence-electron chi connectivity index (χ4n) is 3.33. The van der Waals surface area contributed by atoms with Gasteiger partial charge in [-0.15, -0.1) is 0 Å². The summed E-state index contributed by atoms with van der Waals surface area (Å²) >= 11 is 0. The molecule has 1 amide bonds. The van der Waals surface area contributed by atoms with Gasteiger partial charge in [-0.2, -0.15) is 0 Å². The molecule has 2 aromatic carbocycles. The summed E-state index contributed by atoms with van der Waals surface area (Å²) in [6, 6.07) is 21.8. The Morgan fingerprint density at radius 1 is 1.00 bits per heavy atom. The zero-order valence-corrected chi connectivity index (χ0v) is 16.6. The molecule has 0 unspecified atom stereocenters. The van der Waals surface area contributed by atoms with E-state index in [1.54, 1.807) is 12.4 Å². The number of para-hydroxylation sites is 1. The molecule has 0 radical (unpaired) electrons. The molecule has 0 aliphatic rings. The van der Waals surface area contributed by atoms with Gasteiger partial charge in [0.25, 0.3) is 5.91 Å². The van der Waals surface area contributed by atoms with Crippen molar-refractivity contribution < 1.29 is 4.79 Å². The molecule has 4 nitrogen and oxygen atoms in total. The lowest BCUT2D eigenvalue weighted by atomic mass is 9.99. The molecule has 0 saturated heterocycles. The van der Waals surface area contributed by atoms with Crippen molar-refractivity contribution in [1.29, 1.82) is 0 Å². The smallest absolute Gasteiger partial charge is 0.252 e. The van der Waals surface area contributed by atoms with Crippen LogP contribution in [0.1, 0.15) is 41.3 Å². The number of carbonyl (C=O) groups is 1. The number of amides is 1. The summed E-state index contributed by atoms with van der Waals surface area (Å²) in [7, 11) is 0. The van der Waals surface area contributed by atoms with E-state index in [1.165, 1.54) is 5.56 Å². The van der Waals surface area contributed by atoms with Crippen LogP contribution in [0.25, 0.3) is 22.2 Å². The lowest BCUT2D eigenvalue weighted by Gasteiger charge is -2.11. The number of hydrogen-bond acceptors (Lipinski definition) is 3. The molecular formula is C25H23N3O. The molecule has 4 heteroatoms. The highest BCUT2D eigenvalue weighted by molar-refractivity contribution is 6.07. The van der Waals surface area contributed by atoms with Gasteiger partial charge in [0.15, 0.2) is 0 Å². The first-order valence-corrected chi connectivity index (χ1v) is 9.79. The summed E-state index contributed by atoms with van der Waals surface area (Å²) in [6.07, 6.45) is 3.48. The monoisotopic (exact) mass is 381 g/mol. The van der Waals surface area contributed by atoms with E-state index in [4.69, 9.17) is 4.98 Å². The summed E-state index contributed by atoms with van der Waals surface area (Å²) < 4.78 is 0. The Bertz CT molecular complexity index is 1140. The molecule has 0 fully saturated rings. The number of pyridine rings is 2. The average molecular weight is 381 g/mol. The third kappa shape index (κ3) is 4.16. The van der Waals surface area contributed by atoms with Crippen molar-refractivity contribution in [2.24, 2.45) is 0 Å². The van der Waals surface area contributed by atoms with Crippen molar-refractivity contribution in [2.75, 3.05) is 0 Å². The molecule has 4 aromatic rings. The summed E-state index contributed by atoms with van der Waals surface area (Å²) in [5.41, 5.74) is 5.48. The average Bonchev–Trinajstić information content (AvgIpc) is 2.77. The minimum absolute atomic E-state index is 0.118. The second-order valence-corrected chi connectivity index (χ2v) is 7.39. The van der Waals surface area contributed by atoms with Gasteiger partial charge in [0, 0.05) is 29.9 Å². The van der Waals surface area contributed by atoms with Crippen LogP contribution >= 0.6 is 0 Å². The second kappa shape index (κ2) is 8.23. The van der Waals surface area contributed by atoms with E-state index in [0.717, 1.165) is 27.7 Å². The van der Waals surface area contributed by atoms with Gasteiger partial charge in [-0.05, 0) is 35.2 Å². The lowest BCUT2D eigenvalue weighted by molar-refractivity contribution is 0.0952. The minimum Gasteiger partial charge on any atom is -0.348 e. The van der Waals surface area contributed by atoms with E-state index in [9.17, 15) is 4.79 Å². The number of nitrogens with one attached hydrogen (secondary N) is 1. The molecule has 0 aliphatic carbocycles. The Morgan fingerprint density at radius 3 is 2.52 bits per heavy atom. The fourth-order valence-corrected chi connectivity index (χ4v) is 3.33. The van der Waals surface area contributed by atoms with Crippen LogP contribution in [-0.4, -0.2) is 15.9 Å². The van der Waals surface area contributed by atoms with Gasteiger partial charge in [0.1, 0.15) is 0 Å². The molecule has 0 atom stereocenters. The molecule has 0 bridgehead atoms. The Morgan fingerprint density at radius 2 is 1.79 bits per heavy atom. The van der Waals surface area contributed by atoms with Gasteiger partial charge in [0.05, 0.1) is 16.8 Å². The molecular weight excluding hydrogens is 358 g/mol. The maximum Gasteiger partial charge on any atom is 0.252 e. The number of carbonyl (C=O) groups excluding carboxylic acids is 1. The predicted octanol–water partition coefficient (Wildman–Crippen LogP) is 5.35. The van der Waals surface area contributed by atoms with Crippen molar-refractivity contribution in [1.82, 2.24) is 15.3 Å². The number of aromatic nitrogens is 2. The SMILES string of the molecule is CC(C)c1ccc(-c2cc(C(=O)NCc3cccnc3)c3ccccc3n2)cc1. The zero-order valence-electron chi connectivity index (χ0n) is 16.6. The molecule has 0 aliphatic heterocycles. The summed E-state index contributed by atoms with van der Waals surface area (Å²) in [6.45, 7) is 4.78. The van der Waals surface area contributed by atoms with Crippen LogP contribution in [0, 0.1) is 0 Å². The summed E-state index contributed by atoms with van der Waals surface area (Å²) in [5, 5.41) is 3.85. The van der Waals surface area contributed by atoms with Crippen LogP contribution in [0.2, 0.25) is 0 Å². The number of hydrogen-bond donors (Lipinski definition) is 1. The second-order valence-electron chi connectivity index (χ2n) is 7.39. The van der Waals surface area contributed by atoms with Crippen molar-refractivity contribution in [3.8, 4) is 11.3 Å². The van der Waals surface area contributed by atoms with Gasteiger partial charge in [-0.3, -0.25) is 9.78 Å². The summed E-state index contributed by atoms with van der Waals surface area (Å²) in [4.78, 5) is 21.9. The van der Waals surface area contributed by atoms with E-state index in [0.29, 0.717) is 18.0 Å². The Hall–Kier alpha value is -3.53. The maximum absolute atomic E-state index is 13.0. The Labute approximate surface area is 170 Å². The van der Waals surface area contributed by atoms with Crippen molar-refractivity contribution >= 4 is 16.8 Å². The Balaban J connectivity index is 1.69. The van der Waals surface area contributed by atoms with Crippen LogP contribution in [0.15, 0.2) is 79.1 Å². The standard InChI is InChI=1S/C25H23N3O/c1-17(2)19-9-11-20(12-10-19)24-14-22(21-7-3-4-8-23(21)28-24)25(29)27-16-18-6-5-13-26-15-18/h3-15,17H,16H2,1-2H3,(H,27,29). The van der Waals surface area contributed by atoms with E-state index in [-0.39, 0.29) is 5.91 Å². The van der Waals surface area contributed by atoms with E-state index in [1.807, 2.05) is 42.5 Å². The van der Waals surface area contributed by atoms with Crippen molar-refractivity contribution in [2.45, 2.75) is 26.3 Å². The van der Waals surface area contributed by atoms with E-state index in [2.05, 4.69) is 48.4 Å². The van der Waals surface area contributed by atoms with Crippen LogP contribution in [0.5, 0.6) is 0 Å². The Kier molecular flexibility index (Phi) is 5.34. The van der Waals surface area contributed by atoms with E-state index >= 15 is 0 Å². The first kappa shape index (κ1) is 18.8. The topological polar surface area (TPSA) is 54.9 Å². The highest BCUT2D eigenvalue weighted by Crippen LogP contribution is 2.26. The lowest BCUT2D eigenvalue weighted by Crippen LogP contribution is -2.23. The molecule has 1 N–H and O–H groups in total. The number of rotatable bonds is 5. The predicted molar refractivity (Wildman–Crippen MR) is 117 cm³/mol. The van der Waals surface area contributed by atoms with Gasteiger partial charge in [0.2, 0.25) is 0 Å². The van der Waals surface area contributed by atoms with Gasteiger partial charge < -0.3 is 5.32 Å². The third-order valence-corrected chi connectivity index (χ3v) is 5.01. The van der Waals surface area contributed by atoms with Gasteiger partial charge in [-0.1, -0.05) is 62.4 Å². The fraction of sp³-hybridized carbons (Fsp3) is 0.160. The number of benzene rings is 2. The van der Waals surface area contributed by atoms with Crippen LogP contribution < -0.4 is 5.32 Å². The van der Waals surface area contributed by atoms with Crippen LogP contribution in [-0.2, 0) is 6.54 Å². The van der Waals surface area contributed by atoms with Gasteiger partial charge in [-0.25, -0.2) is 4.98 Å². The first-order chi connectivity index (χ1) is 14.1. The number of nitrogens with zero attached hydrogens (tertiary/aromatic N) is 2. The van der Waals surface area contributed by atoms with Crippen LogP contribution in [0.3, 0.4) is 0 Å². The highest BCUT2D eigenvalue weighted by atomic mass is 16.1. The number of fused-ring (bicyclic) bond motifs is 1. The van der Waals surface area contributed by atoms with Crippen molar-refractivity contribution in [3.05, 3.63) is 95.8 Å². The normalized spacial score (nSPS) is 11.0. The first-order valence-electron chi connectivity index (χ1n) is 9.79. The minimum atomic E-state index is -0.118. The van der Waals surface area contributed by atoms with Gasteiger partial charge >= 0.3 is 0 Å². The third-order valence-electron chi connectivity index (χ3n) is 5.01. The molecule has 2 aromatic heterocycles.